The van der Waals surface area contributed by atoms with Gasteiger partial charge in [0.15, 0.2) is 0 Å². The molecule has 0 bridgehead atoms. The second-order valence-electron chi connectivity index (χ2n) is 17.7. The lowest BCUT2D eigenvalue weighted by molar-refractivity contribution is 0.660. The molecule has 9 aromatic carbocycles. The number of rotatable bonds is 5. The molecule has 12 rings (SSSR count). The molecule has 10 aromatic rings. The third-order valence-electron chi connectivity index (χ3n) is 13.8. The van der Waals surface area contributed by atoms with Crippen molar-refractivity contribution in [2.24, 2.45) is 0 Å². The van der Waals surface area contributed by atoms with Crippen molar-refractivity contribution in [3.05, 3.63) is 216 Å². The van der Waals surface area contributed by atoms with Crippen LogP contribution in [0, 0.1) is 0 Å². The summed E-state index contributed by atoms with van der Waals surface area (Å²) in [5.74, 6) is 0. The average Bonchev–Trinajstić information content (AvgIpc) is 3.83. The van der Waals surface area contributed by atoms with E-state index in [0.29, 0.717) is 0 Å². The van der Waals surface area contributed by atoms with E-state index in [1.807, 2.05) is 0 Å². The molecule has 0 fully saturated rings. The molecule has 60 heavy (non-hydrogen) atoms. The smallest absolute Gasteiger partial charge is 0.0546 e. The zero-order chi connectivity index (χ0) is 40.3. The van der Waals surface area contributed by atoms with Crippen molar-refractivity contribution in [2.75, 3.05) is 4.90 Å². The van der Waals surface area contributed by atoms with E-state index in [1.165, 1.54) is 99.6 Å². The van der Waals surface area contributed by atoms with Crippen molar-refractivity contribution in [3.8, 4) is 39.1 Å². The first-order chi connectivity index (χ1) is 29.3. The lowest BCUT2D eigenvalue weighted by Gasteiger charge is -2.31. The second kappa shape index (κ2) is 12.7. The van der Waals surface area contributed by atoms with Crippen molar-refractivity contribution in [1.82, 2.24) is 4.57 Å². The summed E-state index contributed by atoms with van der Waals surface area (Å²) in [6, 6.07) is 72.4. The first kappa shape index (κ1) is 34.8. The summed E-state index contributed by atoms with van der Waals surface area (Å²) in [6.45, 7) is 9.51. The van der Waals surface area contributed by atoms with Gasteiger partial charge >= 0.3 is 0 Å². The predicted octanol–water partition coefficient (Wildman–Crippen LogP) is 15.7. The SMILES string of the molecule is CC1(C)c2ccccc2-c2ccc(N(c3cc(-c4ccccc4)c4c(-n5c6ccccc6c6ccccc65)cccc4c3)c3cccc4c3-c3ccccc3C4(C)C)cc21. The average molecular weight is 769 g/mol. The van der Waals surface area contributed by atoms with E-state index in [2.05, 4.69) is 231 Å². The Kier molecular flexibility index (Phi) is 7.36. The molecule has 2 heteroatoms. The summed E-state index contributed by atoms with van der Waals surface area (Å²) in [7, 11) is 0. The zero-order valence-electron chi connectivity index (χ0n) is 34.4. The summed E-state index contributed by atoms with van der Waals surface area (Å²) >= 11 is 0. The number of anilines is 3. The highest BCUT2D eigenvalue weighted by Crippen LogP contribution is 2.56. The standard InChI is InChI=1S/C58H44N2/c1-57(2)48-26-13-9-24-45(48)56-49(57)27-17-31-54(56)59(39-32-33-42-41-21-8-12-25-47(41)58(3,4)50(42)36-39)40-34-38-20-16-30-53(55(38)46(35-40)37-18-6-5-7-19-37)60-51-28-14-10-22-43(51)44-23-11-15-29-52(44)60/h5-36H,1-4H3. The molecule has 0 spiro atoms. The third-order valence-corrected chi connectivity index (χ3v) is 13.8. The van der Waals surface area contributed by atoms with Gasteiger partial charge in [0.1, 0.15) is 0 Å². The van der Waals surface area contributed by atoms with Gasteiger partial charge in [0.2, 0.25) is 0 Å². The van der Waals surface area contributed by atoms with Gasteiger partial charge in [0.05, 0.1) is 22.4 Å². The number of fused-ring (bicyclic) bond motifs is 10. The summed E-state index contributed by atoms with van der Waals surface area (Å²) in [4.78, 5) is 2.55. The minimum absolute atomic E-state index is 0.134. The summed E-state index contributed by atoms with van der Waals surface area (Å²) in [6.07, 6.45) is 0. The zero-order valence-corrected chi connectivity index (χ0v) is 34.4. The molecule has 0 unspecified atom stereocenters. The second-order valence-corrected chi connectivity index (χ2v) is 17.7. The van der Waals surface area contributed by atoms with Crippen LogP contribution in [0.4, 0.5) is 17.1 Å². The Morgan fingerprint density at radius 2 is 0.983 bits per heavy atom. The highest BCUT2D eigenvalue weighted by molar-refractivity contribution is 6.13. The Hall–Kier alpha value is -7.16. The van der Waals surface area contributed by atoms with Crippen LogP contribution in [0.2, 0.25) is 0 Å². The van der Waals surface area contributed by atoms with E-state index >= 15 is 0 Å². The molecular weight excluding hydrogens is 725 g/mol. The monoisotopic (exact) mass is 768 g/mol. The Labute approximate surface area is 351 Å². The summed E-state index contributed by atoms with van der Waals surface area (Å²) < 4.78 is 2.47. The molecule has 0 aliphatic heterocycles. The van der Waals surface area contributed by atoms with Gasteiger partial charge in [-0.15, -0.1) is 0 Å². The van der Waals surface area contributed by atoms with Gasteiger partial charge in [0.25, 0.3) is 0 Å². The highest BCUT2D eigenvalue weighted by atomic mass is 15.1. The van der Waals surface area contributed by atoms with Crippen LogP contribution >= 0.6 is 0 Å². The summed E-state index contributed by atoms with van der Waals surface area (Å²) in [5.41, 5.74) is 19.9. The number of benzene rings is 9. The summed E-state index contributed by atoms with van der Waals surface area (Å²) in [5, 5.41) is 4.95. The molecule has 286 valence electrons. The number of nitrogens with zero attached hydrogens (tertiary/aromatic N) is 2. The van der Waals surface area contributed by atoms with Crippen LogP contribution in [0.3, 0.4) is 0 Å². The Morgan fingerprint density at radius 3 is 1.73 bits per heavy atom. The Balaban J connectivity index is 1.17. The molecular formula is C58H44N2. The minimum Gasteiger partial charge on any atom is -0.310 e. The number of aromatic nitrogens is 1. The molecule has 0 amide bonds. The normalized spacial score (nSPS) is 14.3. The largest absolute Gasteiger partial charge is 0.310 e. The van der Waals surface area contributed by atoms with Gasteiger partial charge in [0, 0.05) is 43.9 Å². The fourth-order valence-corrected chi connectivity index (χ4v) is 10.9. The molecule has 2 nitrogen and oxygen atoms in total. The lowest BCUT2D eigenvalue weighted by Crippen LogP contribution is -2.17. The van der Waals surface area contributed by atoms with Crippen molar-refractivity contribution in [2.45, 2.75) is 38.5 Å². The van der Waals surface area contributed by atoms with Crippen LogP contribution in [0.5, 0.6) is 0 Å². The number of hydrogen-bond acceptors (Lipinski definition) is 1. The topological polar surface area (TPSA) is 8.17 Å². The molecule has 0 saturated carbocycles. The molecule has 0 N–H and O–H groups in total. The predicted molar refractivity (Wildman–Crippen MR) is 254 cm³/mol. The van der Waals surface area contributed by atoms with Gasteiger partial charge in [-0.1, -0.05) is 173 Å². The molecule has 1 aromatic heterocycles. The third kappa shape index (κ3) is 4.82. The van der Waals surface area contributed by atoms with E-state index in [-0.39, 0.29) is 10.8 Å². The van der Waals surface area contributed by atoms with Crippen molar-refractivity contribution >= 4 is 49.6 Å². The van der Waals surface area contributed by atoms with Crippen LogP contribution in [0.25, 0.3) is 71.6 Å². The maximum atomic E-state index is 2.55. The van der Waals surface area contributed by atoms with E-state index in [4.69, 9.17) is 0 Å². The van der Waals surface area contributed by atoms with Gasteiger partial charge < -0.3 is 9.47 Å². The molecule has 2 aliphatic rings. The fraction of sp³-hybridized carbons (Fsp3) is 0.103. The Morgan fingerprint density at radius 1 is 0.400 bits per heavy atom. The number of para-hydroxylation sites is 2. The van der Waals surface area contributed by atoms with Crippen LogP contribution in [0.1, 0.15) is 49.9 Å². The van der Waals surface area contributed by atoms with E-state index in [1.54, 1.807) is 0 Å². The first-order valence-corrected chi connectivity index (χ1v) is 21.2. The van der Waals surface area contributed by atoms with Gasteiger partial charge in [-0.2, -0.15) is 0 Å². The number of hydrogen-bond donors (Lipinski definition) is 0. The quantitative estimate of drug-likeness (QED) is 0.169. The Bertz CT molecular complexity index is 3330. The molecule has 0 saturated heterocycles. The minimum atomic E-state index is -0.142. The molecule has 0 radical (unpaired) electrons. The van der Waals surface area contributed by atoms with Crippen molar-refractivity contribution in [3.63, 3.8) is 0 Å². The van der Waals surface area contributed by atoms with Crippen LogP contribution < -0.4 is 4.90 Å². The van der Waals surface area contributed by atoms with Crippen LogP contribution in [-0.4, -0.2) is 4.57 Å². The van der Waals surface area contributed by atoms with E-state index in [0.717, 1.165) is 11.4 Å². The van der Waals surface area contributed by atoms with Gasteiger partial charge in [-0.3, -0.25) is 0 Å². The lowest BCUT2D eigenvalue weighted by atomic mass is 9.82. The fourth-order valence-electron chi connectivity index (χ4n) is 10.9. The van der Waals surface area contributed by atoms with Gasteiger partial charge in [-0.25, -0.2) is 0 Å². The van der Waals surface area contributed by atoms with Crippen LogP contribution in [-0.2, 0) is 10.8 Å². The van der Waals surface area contributed by atoms with Crippen LogP contribution in [0.15, 0.2) is 194 Å². The maximum Gasteiger partial charge on any atom is 0.0546 e. The molecule has 0 atom stereocenters. The van der Waals surface area contributed by atoms with E-state index < -0.39 is 0 Å². The molecule has 2 aliphatic carbocycles. The molecule has 1 heterocycles. The highest BCUT2D eigenvalue weighted by Gasteiger charge is 2.39. The van der Waals surface area contributed by atoms with Gasteiger partial charge in [-0.05, 0) is 104 Å². The van der Waals surface area contributed by atoms with E-state index in [9.17, 15) is 0 Å². The van der Waals surface area contributed by atoms with Crippen molar-refractivity contribution < 1.29 is 0 Å². The maximum absolute atomic E-state index is 2.55. The van der Waals surface area contributed by atoms with Crippen molar-refractivity contribution in [1.29, 1.82) is 0 Å². The first-order valence-electron chi connectivity index (χ1n) is 21.2.